The second-order valence-corrected chi connectivity index (χ2v) is 13.8. The molecule has 3 amide bonds. The van der Waals surface area contributed by atoms with Crippen molar-refractivity contribution in [3.8, 4) is 0 Å². The molecule has 2 N–H and O–H groups in total. The molecule has 1 aliphatic heterocycles. The van der Waals surface area contributed by atoms with Crippen LogP contribution in [-0.2, 0) is 34.3 Å². The van der Waals surface area contributed by atoms with Crippen molar-refractivity contribution >= 4 is 44.3 Å². The zero-order valence-corrected chi connectivity index (χ0v) is 26.7. The summed E-state index contributed by atoms with van der Waals surface area (Å²) in [6, 6.07) is 15.1. The lowest BCUT2D eigenvalue weighted by Crippen LogP contribution is -2.36. The summed E-state index contributed by atoms with van der Waals surface area (Å²) in [5, 5.41) is 5.41. The second kappa shape index (κ2) is 13.8. The molecule has 230 valence electrons. The Kier molecular flexibility index (Phi) is 10.4. The minimum Gasteiger partial charge on any atom is -0.450 e. The second-order valence-electron chi connectivity index (χ2n) is 10.8. The summed E-state index contributed by atoms with van der Waals surface area (Å²) in [5.74, 6) is -1.14. The van der Waals surface area contributed by atoms with Gasteiger partial charge in [0.25, 0.3) is 11.8 Å². The zero-order chi connectivity index (χ0) is 31.3. The molecule has 0 bridgehead atoms. The molecule has 2 heterocycles. The fourth-order valence-electron chi connectivity index (χ4n) is 4.91. The van der Waals surface area contributed by atoms with E-state index in [1.165, 1.54) is 39.9 Å². The van der Waals surface area contributed by atoms with Gasteiger partial charge in [-0.2, -0.15) is 4.31 Å². The summed E-state index contributed by atoms with van der Waals surface area (Å²) in [6.45, 7) is 11.2. The first-order chi connectivity index (χ1) is 20.4. The Balaban J connectivity index is 1.58. The molecule has 0 saturated heterocycles. The van der Waals surface area contributed by atoms with E-state index in [4.69, 9.17) is 4.74 Å². The van der Waals surface area contributed by atoms with Crippen LogP contribution in [0.5, 0.6) is 0 Å². The molecule has 0 fully saturated rings. The Morgan fingerprint density at radius 3 is 2.28 bits per heavy atom. The molecule has 0 aliphatic carbocycles. The van der Waals surface area contributed by atoms with Crippen LogP contribution >= 0.6 is 11.3 Å². The number of benzene rings is 2. The largest absolute Gasteiger partial charge is 0.450 e. The van der Waals surface area contributed by atoms with Crippen molar-refractivity contribution in [1.82, 2.24) is 14.5 Å². The number of amides is 3. The van der Waals surface area contributed by atoms with Gasteiger partial charge in [0.15, 0.2) is 0 Å². The van der Waals surface area contributed by atoms with Crippen LogP contribution in [0.2, 0.25) is 0 Å². The van der Waals surface area contributed by atoms with Gasteiger partial charge in [0.1, 0.15) is 5.00 Å². The van der Waals surface area contributed by atoms with Gasteiger partial charge in [-0.25, -0.2) is 13.2 Å². The summed E-state index contributed by atoms with van der Waals surface area (Å²) in [7, 11) is -3.85. The van der Waals surface area contributed by atoms with Crippen LogP contribution in [0.15, 0.2) is 59.5 Å². The first-order valence-corrected chi connectivity index (χ1v) is 16.5. The van der Waals surface area contributed by atoms with Crippen LogP contribution in [-0.4, -0.2) is 60.8 Å². The number of hydrogen-bond donors (Lipinski definition) is 2. The van der Waals surface area contributed by atoms with E-state index in [9.17, 15) is 22.8 Å². The highest BCUT2D eigenvalue weighted by Gasteiger charge is 2.31. The molecule has 1 aromatic heterocycles. The van der Waals surface area contributed by atoms with E-state index in [-0.39, 0.29) is 35.2 Å². The summed E-state index contributed by atoms with van der Waals surface area (Å²) in [6.07, 6.45) is -0.267. The van der Waals surface area contributed by atoms with Crippen LogP contribution in [0.25, 0.3) is 0 Å². The highest BCUT2D eigenvalue weighted by Crippen LogP contribution is 2.38. The lowest BCUT2D eigenvalue weighted by molar-refractivity contribution is 0.0924. The van der Waals surface area contributed by atoms with Gasteiger partial charge >= 0.3 is 6.09 Å². The van der Waals surface area contributed by atoms with Gasteiger partial charge < -0.3 is 10.1 Å². The zero-order valence-electron chi connectivity index (χ0n) is 25.0. The van der Waals surface area contributed by atoms with E-state index < -0.39 is 27.9 Å². The predicted molar refractivity (Wildman–Crippen MR) is 167 cm³/mol. The Morgan fingerprint density at radius 1 is 1.00 bits per heavy atom. The standard InChI is InChI=1S/C31H38N4O6S2/c1-6-41-31(38)33-29(37)27-25-16-17-34(20(2)3)19-26(25)42-30(27)32-28(36)23-12-14-24(15-13-23)43(39,40)35(21(4)5)18-22-10-8-7-9-11-22/h7-15,20-21H,6,16-19H2,1-5H3,(H,32,36)(H,33,37,38). The fourth-order valence-corrected chi connectivity index (χ4v) is 7.80. The molecule has 43 heavy (non-hydrogen) atoms. The van der Waals surface area contributed by atoms with Crippen LogP contribution < -0.4 is 10.6 Å². The number of carbonyl (C=O) groups excluding carboxylic acids is 3. The van der Waals surface area contributed by atoms with Crippen LogP contribution in [0, 0.1) is 0 Å². The maximum absolute atomic E-state index is 13.5. The number of alkyl carbamates (subject to hydrolysis) is 1. The van der Waals surface area contributed by atoms with Crippen LogP contribution in [0.4, 0.5) is 9.80 Å². The third-order valence-corrected chi connectivity index (χ3v) is 10.4. The van der Waals surface area contributed by atoms with E-state index >= 15 is 0 Å². The number of hydrogen-bond acceptors (Lipinski definition) is 8. The summed E-state index contributed by atoms with van der Waals surface area (Å²) in [4.78, 5) is 41.8. The third kappa shape index (κ3) is 7.50. The monoisotopic (exact) mass is 626 g/mol. The number of carbonyl (C=O) groups is 3. The highest BCUT2D eigenvalue weighted by atomic mass is 32.2. The van der Waals surface area contributed by atoms with Crippen molar-refractivity contribution in [2.45, 2.75) is 71.1 Å². The van der Waals surface area contributed by atoms with E-state index in [2.05, 4.69) is 29.4 Å². The van der Waals surface area contributed by atoms with Crippen LogP contribution in [0.3, 0.4) is 0 Å². The average molecular weight is 627 g/mol. The predicted octanol–water partition coefficient (Wildman–Crippen LogP) is 5.25. The molecule has 0 spiro atoms. The van der Waals surface area contributed by atoms with E-state index in [0.717, 1.165) is 22.5 Å². The number of nitrogens with one attached hydrogen (secondary N) is 2. The van der Waals surface area contributed by atoms with Gasteiger partial charge in [-0.05, 0) is 76.4 Å². The molecule has 0 atom stereocenters. The fraction of sp³-hybridized carbons (Fsp3) is 0.387. The van der Waals surface area contributed by atoms with E-state index in [1.54, 1.807) is 6.92 Å². The number of sulfonamides is 1. The lowest BCUT2D eigenvalue weighted by atomic mass is 10.0. The summed E-state index contributed by atoms with van der Waals surface area (Å²) < 4.78 is 33.4. The number of nitrogens with zero attached hydrogens (tertiary/aromatic N) is 2. The lowest BCUT2D eigenvalue weighted by Gasteiger charge is -2.30. The number of anilines is 1. The summed E-state index contributed by atoms with van der Waals surface area (Å²) >= 11 is 1.30. The van der Waals surface area contributed by atoms with Crippen molar-refractivity contribution in [1.29, 1.82) is 0 Å². The Labute approximate surface area is 257 Å². The van der Waals surface area contributed by atoms with Crippen molar-refractivity contribution < 1.29 is 27.5 Å². The molecular weight excluding hydrogens is 588 g/mol. The number of fused-ring (bicyclic) bond motifs is 1. The van der Waals surface area contributed by atoms with Crippen LogP contribution in [0.1, 0.15) is 71.3 Å². The first kappa shape index (κ1) is 32.3. The maximum atomic E-state index is 13.5. The highest BCUT2D eigenvalue weighted by molar-refractivity contribution is 7.89. The van der Waals surface area contributed by atoms with Gasteiger partial charge in [0.05, 0.1) is 17.1 Å². The Hall–Kier alpha value is -3.58. The SMILES string of the molecule is CCOC(=O)NC(=O)c1c(NC(=O)c2ccc(S(=O)(=O)N(Cc3ccccc3)C(C)C)cc2)sc2c1CCN(C(C)C)C2. The molecule has 0 unspecified atom stereocenters. The Morgan fingerprint density at radius 2 is 1.67 bits per heavy atom. The topological polar surface area (TPSA) is 125 Å². The summed E-state index contributed by atoms with van der Waals surface area (Å²) in [5.41, 5.74) is 2.14. The van der Waals surface area contributed by atoms with Gasteiger partial charge in [-0.3, -0.25) is 19.8 Å². The van der Waals surface area contributed by atoms with Gasteiger partial charge in [0, 0.05) is 42.2 Å². The van der Waals surface area contributed by atoms with Crippen molar-refractivity contribution in [3.63, 3.8) is 0 Å². The third-order valence-electron chi connectivity index (χ3n) is 7.24. The molecule has 4 rings (SSSR count). The smallest absolute Gasteiger partial charge is 0.414 e. The molecule has 12 heteroatoms. The minimum atomic E-state index is -3.85. The number of ether oxygens (including phenoxy) is 1. The van der Waals surface area contributed by atoms with Gasteiger partial charge in [0.2, 0.25) is 10.0 Å². The Bertz CT molecular complexity index is 1570. The maximum Gasteiger partial charge on any atom is 0.414 e. The van der Waals surface area contributed by atoms with Crippen molar-refractivity contribution in [3.05, 3.63) is 81.7 Å². The molecule has 1 aliphatic rings. The molecule has 3 aromatic rings. The molecule has 10 nitrogen and oxygen atoms in total. The first-order valence-electron chi connectivity index (χ1n) is 14.3. The van der Waals surface area contributed by atoms with Crippen molar-refractivity contribution in [2.75, 3.05) is 18.5 Å². The number of imide groups is 1. The molecular formula is C31H38N4O6S2. The van der Waals surface area contributed by atoms with E-state index in [0.29, 0.717) is 24.0 Å². The molecule has 2 aromatic carbocycles. The quantitative estimate of drug-likeness (QED) is 0.315. The number of thiophene rings is 1. The normalized spacial score (nSPS) is 13.7. The molecule has 0 radical (unpaired) electrons. The van der Waals surface area contributed by atoms with Gasteiger partial charge in [-0.1, -0.05) is 30.3 Å². The average Bonchev–Trinajstić information content (AvgIpc) is 3.33. The van der Waals surface area contributed by atoms with E-state index in [1.807, 2.05) is 44.2 Å². The molecule has 0 saturated carbocycles. The van der Waals surface area contributed by atoms with Gasteiger partial charge in [-0.15, -0.1) is 11.3 Å². The minimum absolute atomic E-state index is 0.0727. The van der Waals surface area contributed by atoms with Crippen molar-refractivity contribution in [2.24, 2.45) is 0 Å². The number of rotatable bonds is 10.